The minimum atomic E-state index is 0.658. The van der Waals surface area contributed by atoms with Gasteiger partial charge in [0.1, 0.15) is 23.0 Å². The third kappa shape index (κ3) is 6.57. The van der Waals surface area contributed by atoms with Gasteiger partial charge < -0.3 is 23.8 Å². The molecule has 0 radical (unpaired) electrons. The van der Waals surface area contributed by atoms with Crippen molar-refractivity contribution in [2.24, 2.45) is 0 Å². The highest BCUT2D eigenvalue weighted by atomic mass is 16.5. The van der Waals surface area contributed by atoms with E-state index >= 15 is 0 Å². The summed E-state index contributed by atoms with van der Waals surface area (Å²) in [5, 5.41) is 0. The number of ether oxygens (including phenoxy) is 4. The van der Waals surface area contributed by atoms with E-state index in [-0.39, 0.29) is 0 Å². The molecule has 0 atom stereocenters. The predicted molar refractivity (Wildman–Crippen MR) is 146 cm³/mol. The van der Waals surface area contributed by atoms with E-state index < -0.39 is 0 Å². The molecule has 1 aliphatic carbocycles. The lowest BCUT2D eigenvalue weighted by atomic mass is 9.99. The molecule has 0 aromatic heterocycles. The molecule has 0 saturated carbocycles. The molecule has 0 amide bonds. The summed E-state index contributed by atoms with van der Waals surface area (Å²) >= 11 is 0. The number of benzene rings is 1. The Labute approximate surface area is 209 Å². The highest BCUT2D eigenvalue weighted by Gasteiger charge is 2.25. The van der Waals surface area contributed by atoms with Gasteiger partial charge in [0.05, 0.1) is 51.7 Å². The number of nitrogens with zero attached hydrogens (tertiary/aromatic N) is 2. The average molecular weight is 478 g/mol. The Hall–Kier alpha value is -3.93. The Bertz CT molecular complexity index is 1000. The van der Waals surface area contributed by atoms with Gasteiger partial charge in [-0.2, -0.15) is 0 Å². The molecule has 35 heavy (non-hydrogen) atoms. The zero-order valence-corrected chi connectivity index (χ0v) is 21.4. The van der Waals surface area contributed by atoms with Crippen LogP contribution in [0, 0.1) is 0 Å². The number of methoxy groups -OCH3 is 4. The zero-order valence-electron chi connectivity index (χ0n) is 21.4. The van der Waals surface area contributed by atoms with Crippen LogP contribution in [-0.2, 0) is 9.47 Å². The highest BCUT2D eigenvalue weighted by Crippen LogP contribution is 2.38. The van der Waals surface area contributed by atoms with Gasteiger partial charge in [-0.05, 0) is 18.2 Å². The van der Waals surface area contributed by atoms with Crippen molar-refractivity contribution in [1.29, 1.82) is 0 Å². The van der Waals surface area contributed by atoms with E-state index in [1.807, 2.05) is 54.7 Å². The molecule has 6 heteroatoms. The lowest BCUT2D eigenvalue weighted by molar-refractivity contribution is -0.505. The van der Waals surface area contributed by atoms with Crippen LogP contribution in [0.1, 0.15) is 5.56 Å². The van der Waals surface area contributed by atoms with Crippen molar-refractivity contribution in [3.05, 3.63) is 97.6 Å². The van der Waals surface area contributed by atoms with Gasteiger partial charge in [-0.25, -0.2) is 4.58 Å². The van der Waals surface area contributed by atoms with Gasteiger partial charge in [-0.15, -0.1) is 13.2 Å². The average Bonchev–Trinajstić information content (AvgIpc) is 2.88. The Balaban J connectivity index is 2.71. The lowest BCUT2D eigenvalue weighted by Gasteiger charge is -2.24. The van der Waals surface area contributed by atoms with Crippen molar-refractivity contribution < 1.29 is 23.5 Å². The van der Waals surface area contributed by atoms with Crippen LogP contribution in [0.2, 0.25) is 0 Å². The van der Waals surface area contributed by atoms with Gasteiger partial charge in [0.25, 0.3) is 0 Å². The Kier molecular flexibility index (Phi) is 10.7. The SMILES string of the molecule is C=CCN(CC=C)c1cc(OC)c(C=C2C(OC)=CC(=[N+](CC=C)CC=C)C=C2OC)c(OC)c1. The highest BCUT2D eigenvalue weighted by molar-refractivity contribution is 6.04. The van der Waals surface area contributed by atoms with Gasteiger partial charge in [-0.1, -0.05) is 25.3 Å². The van der Waals surface area contributed by atoms with Crippen LogP contribution in [0.3, 0.4) is 0 Å². The van der Waals surface area contributed by atoms with E-state index in [0.29, 0.717) is 49.2 Å². The standard InChI is InChI=1S/C29H37N2O4/c1-9-13-30(14-10-2)22-17-26(32-5)24(27(18-22)33-6)21-25-28(34-7)19-23(20-29(25)35-8)31(15-11-3)16-12-4/h9-12,17-21H,1-4,13-16H2,5-8H3/q+1. The molecule has 0 heterocycles. The van der Waals surface area contributed by atoms with Crippen LogP contribution in [0.25, 0.3) is 6.08 Å². The van der Waals surface area contributed by atoms with Crippen LogP contribution < -0.4 is 14.4 Å². The summed E-state index contributed by atoms with van der Waals surface area (Å²) in [5.74, 6) is 2.63. The first-order valence-electron chi connectivity index (χ1n) is 11.3. The first kappa shape index (κ1) is 27.3. The number of rotatable bonds is 14. The summed E-state index contributed by atoms with van der Waals surface area (Å²) in [7, 11) is 6.56. The second kappa shape index (κ2) is 13.7. The minimum absolute atomic E-state index is 0.658. The first-order valence-corrected chi connectivity index (χ1v) is 11.3. The van der Waals surface area contributed by atoms with Gasteiger partial charge in [0.15, 0.2) is 13.1 Å². The molecule has 0 saturated heterocycles. The van der Waals surface area contributed by atoms with E-state index in [1.165, 1.54) is 0 Å². The number of hydrogen-bond donors (Lipinski definition) is 0. The molecule has 1 aliphatic rings. The van der Waals surface area contributed by atoms with Crippen molar-refractivity contribution in [3.8, 4) is 11.5 Å². The summed E-state index contributed by atoms with van der Waals surface area (Å²) in [6.45, 7) is 18.1. The van der Waals surface area contributed by atoms with Crippen molar-refractivity contribution in [2.75, 3.05) is 59.5 Å². The normalized spacial score (nSPS) is 12.6. The van der Waals surface area contributed by atoms with Gasteiger partial charge in [0, 0.05) is 30.9 Å². The molecule has 6 nitrogen and oxygen atoms in total. The van der Waals surface area contributed by atoms with Crippen LogP contribution >= 0.6 is 0 Å². The van der Waals surface area contributed by atoms with Crippen molar-refractivity contribution >= 4 is 17.5 Å². The van der Waals surface area contributed by atoms with Crippen LogP contribution in [0.15, 0.2) is 92.0 Å². The largest absolute Gasteiger partial charge is 0.496 e. The lowest BCUT2D eigenvalue weighted by Crippen LogP contribution is -2.23. The van der Waals surface area contributed by atoms with Crippen molar-refractivity contribution in [2.45, 2.75) is 0 Å². The van der Waals surface area contributed by atoms with E-state index in [9.17, 15) is 0 Å². The monoisotopic (exact) mass is 477 g/mol. The molecular weight excluding hydrogens is 440 g/mol. The molecule has 0 bridgehead atoms. The third-order valence-corrected chi connectivity index (χ3v) is 5.47. The number of anilines is 1. The van der Waals surface area contributed by atoms with Crippen molar-refractivity contribution in [3.63, 3.8) is 0 Å². The fraction of sp³-hybridized carbons (Fsp3) is 0.276. The topological polar surface area (TPSA) is 43.2 Å². The first-order chi connectivity index (χ1) is 17.0. The molecule has 0 aliphatic heterocycles. The summed E-state index contributed by atoms with van der Waals surface area (Å²) in [6, 6.07) is 3.95. The fourth-order valence-electron chi connectivity index (χ4n) is 3.84. The van der Waals surface area contributed by atoms with Crippen LogP contribution in [0.5, 0.6) is 11.5 Å². The summed E-state index contributed by atoms with van der Waals surface area (Å²) in [6.07, 6.45) is 13.3. The molecule has 0 N–H and O–H groups in total. The minimum Gasteiger partial charge on any atom is -0.496 e. The summed E-state index contributed by atoms with van der Waals surface area (Å²) in [4.78, 5) is 2.12. The molecule has 1 aromatic carbocycles. The Morgan fingerprint density at radius 3 is 1.60 bits per heavy atom. The molecular formula is C29H37N2O4+. The second-order valence-corrected chi connectivity index (χ2v) is 7.64. The summed E-state index contributed by atoms with van der Waals surface area (Å²) in [5.41, 5.74) is 3.42. The Morgan fingerprint density at radius 2 is 1.23 bits per heavy atom. The van der Waals surface area contributed by atoms with Crippen LogP contribution in [0.4, 0.5) is 5.69 Å². The maximum atomic E-state index is 5.78. The van der Waals surface area contributed by atoms with Gasteiger partial charge >= 0.3 is 0 Å². The van der Waals surface area contributed by atoms with E-state index in [0.717, 1.165) is 22.5 Å². The van der Waals surface area contributed by atoms with Crippen LogP contribution in [-0.4, -0.2) is 64.9 Å². The van der Waals surface area contributed by atoms with Gasteiger partial charge in [-0.3, -0.25) is 0 Å². The maximum absolute atomic E-state index is 5.78. The molecule has 0 fully saturated rings. The predicted octanol–water partition coefficient (Wildman–Crippen LogP) is 5.17. The molecule has 2 rings (SSSR count). The molecule has 186 valence electrons. The number of allylic oxidation sites excluding steroid dienone is 2. The maximum Gasteiger partial charge on any atom is 0.207 e. The molecule has 0 spiro atoms. The molecule has 0 unspecified atom stereocenters. The number of hydrogen-bond acceptors (Lipinski definition) is 5. The van der Waals surface area contributed by atoms with Crippen molar-refractivity contribution in [1.82, 2.24) is 0 Å². The van der Waals surface area contributed by atoms with E-state index in [4.69, 9.17) is 18.9 Å². The molecule has 1 aromatic rings. The summed E-state index contributed by atoms with van der Waals surface area (Å²) < 4.78 is 25.2. The Morgan fingerprint density at radius 1 is 0.743 bits per heavy atom. The fourth-order valence-corrected chi connectivity index (χ4v) is 3.84. The third-order valence-electron chi connectivity index (χ3n) is 5.47. The smallest absolute Gasteiger partial charge is 0.207 e. The second-order valence-electron chi connectivity index (χ2n) is 7.64. The quantitative estimate of drug-likeness (QED) is 0.273. The van der Waals surface area contributed by atoms with E-state index in [2.05, 4.69) is 35.8 Å². The van der Waals surface area contributed by atoms with Gasteiger partial charge in [0.2, 0.25) is 5.71 Å². The zero-order chi connectivity index (χ0) is 25.8. The van der Waals surface area contributed by atoms with E-state index in [1.54, 1.807) is 28.4 Å².